The van der Waals surface area contributed by atoms with E-state index in [1.165, 1.54) is 0 Å². The van der Waals surface area contributed by atoms with Gasteiger partial charge in [-0.15, -0.1) is 5.25 Å². The molecule has 4 heteroatoms. The second-order valence-corrected chi connectivity index (χ2v) is 6.03. The van der Waals surface area contributed by atoms with Crippen LogP contribution in [-0.4, -0.2) is 33.4 Å². The number of hydrogen-bond acceptors (Lipinski definition) is 2. The second-order valence-electron chi connectivity index (χ2n) is 3.40. The summed E-state index contributed by atoms with van der Waals surface area (Å²) in [4.78, 5) is 0. The molecular weight excluding hydrogens is 150 g/mol. The molecule has 0 unspecified atom stereocenters. The van der Waals surface area contributed by atoms with Crippen LogP contribution in [0.2, 0.25) is 0 Å². The van der Waals surface area contributed by atoms with E-state index in [0.29, 0.717) is 5.25 Å². The van der Waals surface area contributed by atoms with Crippen molar-refractivity contribution in [3.8, 4) is 0 Å². The highest BCUT2D eigenvalue weighted by Crippen LogP contribution is 2.40. The van der Waals surface area contributed by atoms with Gasteiger partial charge in [0.25, 0.3) is 0 Å². The number of nitrogens with zero attached hydrogens (tertiary/aromatic N) is 1. The molecule has 1 aliphatic rings. The SMILES string of the molecule is C[N+](C)(C)S(=O)(=O)[C-]1CC1. The fourth-order valence-corrected chi connectivity index (χ4v) is 2.09. The zero-order valence-corrected chi connectivity index (χ0v) is 7.40. The maximum absolute atomic E-state index is 11.3. The Kier molecular flexibility index (Phi) is 1.56. The van der Waals surface area contributed by atoms with Crippen LogP contribution in [0.15, 0.2) is 0 Å². The summed E-state index contributed by atoms with van der Waals surface area (Å²) in [5.41, 5.74) is 0. The molecule has 3 nitrogen and oxygen atoms in total. The first-order valence-corrected chi connectivity index (χ1v) is 4.71. The minimum atomic E-state index is -2.95. The summed E-state index contributed by atoms with van der Waals surface area (Å²) in [5, 5.41) is 0.708. The molecule has 1 fully saturated rings. The summed E-state index contributed by atoms with van der Waals surface area (Å²) < 4.78 is 22.7. The van der Waals surface area contributed by atoms with Crippen molar-refractivity contribution in [3.63, 3.8) is 0 Å². The van der Waals surface area contributed by atoms with Crippen LogP contribution in [0.3, 0.4) is 0 Å². The zero-order valence-electron chi connectivity index (χ0n) is 6.59. The summed E-state index contributed by atoms with van der Waals surface area (Å²) >= 11 is 0. The molecule has 1 aliphatic carbocycles. The zero-order chi connectivity index (χ0) is 7.99. The Morgan fingerprint density at radius 1 is 1.20 bits per heavy atom. The van der Waals surface area contributed by atoms with Crippen LogP contribution in [0, 0.1) is 5.25 Å². The van der Waals surface area contributed by atoms with E-state index in [9.17, 15) is 8.42 Å². The van der Waals surface area contributed by atoms with Gasteiger partial charge in [0, 0.05) is 0 Å². The van der Waals surface area contributed by atoms with Gasteiger partial charge in [0.05, 0.1) is 21.1 Å². The molecule has 0 amide bonds. The third kappa shape index (κ3) is 1.18. The Balaban J connectivity index is 2.88. The second kappa shape index (κ2) is 1.95. The van der Waals surface area contributed by atoms with Gasteiger partial charge in [-0.2, -0.15) is 12.8 Å². The van der Waals surface area contributed by atoms with Crippen molar-refractivity contribution in [2.75, 3.05) is 21.1 Å². The Morgan fingerprint density at radius 2 is 1.60 bits per heavy atom. The Hall–Kier alpha value is -0.0900. The molecule has 10 heavy (non-hydrogen) atoms. The lowest BCUT2D eigenvalue weighted by molar-refractivity contribution is -0.738. The highest BCUT2D eigenvalue weighted by atomic mass is 32.2. The van der Waals surface area contributed by atoms with E-state index in [0.717, 1.165) is 12.8 Å². The van der Waals surface area contributed by atoms with Gasteiger partial charge in [-0.05, 0) is 0 Å². The average Bonchev–Trinajstić information content (AvgIpc) is 2.38. The Labute approximate surface area is 62.3 Å². The highest BCUT2D eigenvalue weighted by molar-refractivity contribution is 7.89. The van der Waals surface area contributed by atoms with Crippen molar-refractivity contribution in [2.45, 2.75) is 12.8 Å². The Morgan fingerprint density at radius 3 is 1.70 bits per heavy atom. The van der Waals surface area contributed by atoms with Crippen molar-refractivity contribution in [3.05, 3.63) is 5.25 Å². The topological polar surface area (TPSA) is 34.1 Å². The van der Waals surface area contributed by atoms with E-state index in [1.807, 2.05) is 0 Å². The third-order valence-electron chi connectivity index (χ3n) is 1.54. The average molecular weight is 163 g/mol. The molecule has 0 bridgehead atoms. The summed E-state index contributed by atoms with van der Waals surface area (Å²) in [6.07, 6.45) is 1.55. The van der Waals surface area contributed by atoms with E-state index in [-0.39, 0.29) is 3.89 Å². The molecule has 1 rings (SSSR count). The first-order chi connectivity index (χ1) is 4.36. The lowest BCUT2D eigenvalue weighted by Crippen LogP contribution is -2.41. The lowest BCUT2D eigenvalue weighted by Gasteiger charge is -2.28. The van der Waals surface area contributed by atoms with E-state index in [2.05, 4.69) is 0 Å². The summed E-state index contributed by atoms with van der Waals surface area (Å²) in [6, 6.07) is 0. The predicted molar refractivity (Wildman–Crippen MR) is 39.4 cm³/mol. The molecule has 0 aromatic heterocycles. The van der Waals surface area contributed by atoms with E-state index in [4.69, 9.17) is 0 Å². The van der Waals surface area contributed by atoms with Crippen molar-refractivity contribution in [1.29, 1.82) is 0 Å². The van der Waals surface area contributed by atoms with Crippen molar-refractivity contribution in [1.82, 2.24) is 0 Å². The molecule has 0 aliphatic heterocycles. The molecule has 0 atom stereocenters. The molecule has 0 heterocycles. The molecule has 0 spiro atoms. The van der Waals surface area contributed by atoms with Gasteiger partial charge in [0.1, 0.15) is 0 Å². The molecule has 0 aromatic carbocycles. The fraction of sp³-hybridized carbons (Fsp3) is 0.833. The quantitative estimate of drug-likeness (QED) is 0.435. The number of rotatable bonds is 2. The minimum Gasteiger partial charge on any atom is -0.252 e. The molecule has 0 aromatic rings. The molecule has 0 radical (unpaired) electrons. The maximum atomic E-state index is 11.3. The first-order valence-electron chi connectivity index (χ1n) is 3.27. The summed E-state index contributed by atoms with van der Waals surface area (Å²) in [7, 11) is 2.09. The van der Waals surface area contributed by atoms with Crippen LogP contribution in [0.4, 0.5) is 0 Å². The van der Waals surface area contributed by atoms with Crippen molar-refractivity contribution in [2.24, 2.45) is 0 Å². The van der Waals surface area contributed by atoms with Gasteiger partial charge in [-0.1, -0.05) is 0 Å². The smallest absolute Gasteiger partial charge is 0.169 e. The van der Waals surface area contributed by atoms with Crippen LogP contribution in [0.25, 0.3) is 0 Å². The molecule has 0 N–H and O–H groups in total. The molecule has 0 saturated heterocycles. The summed E-state index contributed by atoms with van der Waals surface area (Å²) in [6.45, 7) is 0. The number of quaternary nitrogens is 1. The van der Waals surface area contributed by atoms with Crippen LogP contribution < -0.4 is 0 Å². The normalized spacial score (nSPS) is 21.1. The van der Waals surface area contributed by atoms with Crippen LogP contribution in [0.1, 0.15) is 12.8 Å². The monoisotopic (exact) mass is 163 g/mol. The van der Waals surface area contributed by atoms with E-state index < -0.39 is 10.0 Å². The van der Waals surface area contributed by atoms with Crippen LogP contribution in [-0.2, 0) is 10.0 Å². The Bertz CT molecular complexity index is 221. The van der Waals surface area contributed by atoms with Crippen molar-refractivity contribution >= 4 is 10.0 Å². The molecule has 60 valence electrons. The predicted octanol–water partition coefficient (Wildman–Crippen LogP) is 0.348. The van der Waals surface area contributed by atoms with Gasteiger partial charge in [0.2, 0.25) is 0 Å². The van der Waals surface area contributed by atoms with E-state index in [1.54, 1.807) is 21.1 Å². The fourth-order valence-electron chi connectivity index (χ4n) is 0.696. The van der Waals surface area contributed by atoms with Gasteiger partial charge in [0.15, 0.2) is 10.0 Å². The standard InChI is InChI=1S/C6H13NO2S/c1-7(2,3)10(8,9)6-4-5-6/h4-5H2,1-3H3. The van der Waals surface area contributed by atoms with Gasteiger partial charge in [-0.25, -0.2) is 8.42 Å². The maximum Gasteiger partial charge on any atom is 0.169 e. The largest absolute Gasteiger partial charge is 0.252 e. The third-order valence-corrected chi connectivity index (χ3v) is 4.12. The van der Waals surface area contributed by atoms with Crippen LogP contribution >= 0.6 is 0 Å². The number of hydrogen-bond donors (Lipinski definition) is 0. The number of sulfonamides is 1. The lowest BCUT2D eigenvalue weighted by atomic mass is 11.0. The van der Waals surface area contributed by atoms with Gasteiger partial charge in [-0.3, -0.25) is 3.89 Å². The minimum absolute atomic E-state index is 0.0301. The molecule has 1 saturated carbocycles. The highest BCUT2D eigenvalue weighted by Gasteiger charge is 2.31. The first kappa shape index (κ1) is 8.01. The van der Waals surface area contributed by atoms with Crippen molar-refractivity contribution < 1.29 is 12.3 Å². The molecular formula is C6H13NO2S. The van der Waals surface area contributed by atoms with Gasteiger partial charge >= 0.3 is 0 Å². The van der Waals surface area contributed by atoms with E-state index >= 15 is 0 Å². The van der Waals surface area contributed by atoms with Crippen LogP contribution in [0.5, 0.6) is 0 Å². The summed E-state index contributed by atoms with van der Waals surface area (Å²) in [5.74, 6) is 0. The van der Waals surface area contributed by atoms with Gasteiger partial charge < -0.3 is 0 Å².